The summed E-state index contributed by atoms with van der Waals surface area (Å²) in [5.41, 5.74) is 0.681. The molecule has 1 aliphatic carbocycles. The van der Waals surface area contributed by atoms with E-state index < -0.39 is 6.04 Å². The molecule has 0 spiro atoms. The predicted molar refractivity (Wildman–Crippen MR) is 128 cm³/mol. The van der Waals surface area contributed by atoms with Gasteiger partial charge in [0, 0.05) is 16.5 Å². The van der Waals surface area contributed by atoms with Crippen LogP contribution in [0.4, 0.5) is 0 Å². The number of carbonyl (C=O) groups is 2. The van der Waals surface area contributed by atoms with E-state index in [1.54, 1.807) is 17.2 Å². The Morgan fingerprint density at radius 1 is 1.15 bits per heavy atom. The summed E-state index contributed by atoms with van der Waals surface area (Å²) in [6.07, 6.45) is 5.96. The van der Waals surface area contributed by atoms with Crippen LogP contribution in [0, 0.1) is 0 Å². The fraction of sp³-hybridized carbons (Fsp3) is 0.385. The Kier molecular flexibility index (Phi) is 7.83. The number of amides is 2. The van der Waals surface area contributed by atoms with Gasteiger partial charge in [0.1, 0.15) is 17.6 Å². The lowest BCUT2D eigenvalue weighted by atomic mass is 10.0. The van der Waals surface area contributed by atoms with E-state index in [9.17, 15) is 9.59 Å². The molecule has 33 heavy (non-hydrogen) atoms. The molecule has 1 atom stereocenters. The van der Waals surface area contributed by atoms with Gasteiger partial charge in [-0.1, -0.05) is 37.1 Å². The first-order valence-electron chi connectivity index (χ1n) is 11.5. The first kappa shape index (κ1) is 23.1. The summed E-state index contributed by atoms with van der Waals surface area (Å²) in [6.45, 7) is 2.57. The van der Waals surface area contributed by atoms with Crippen molar-refractivity contribution in [1.29, 1.82) is 0 Å². The Hall–Kier alpha value is -3.06. The smallest absolute Gasteiger partial charge is 0.247 e. The Balaban J connectivity index is 1.72. The van der Waals surface area contributed by atoms with Crippen LogP contribution >= 0.6 is 11.3 Å². The maximum atomic E-state index is 13.7. The van der Waals surface area contributed by atoms with E-state index in [0.717, 1.165) is 30.6 Å². The largest absolute Gasteiger partial charge is 0.494 e. The van der Waals surface area contributed by atoms with Crippen molar-refractivity contribution in [3.63, 3.8) is 0 Å². The molecule has 1 aromatic carbocycles. The van der Waals surface area contributed by atoms with Crippen molar-refractivity contribution in [2.24, 2.45) is 0 Å². The second kappa shape index (κ2) is 11.2. The quantitative estimate of drug-likeness (QED) is 0.451. The molecule has 1 N–H and O–H groups in total. The highest BCUT2D eigenvalue weighted by Crippen LogP contribution is 2.33. The second-order valence-corrected chi connectivity index (χ2v) is 9.25. The molecule has 2 heterocycles. The Labute approximate surface area is 198 Å². The summed E-state index contributed by atoms with van der Waals surface area (Å²) in [5.74, 6) is 0.925. The van der Waals surface area contributed by atoms with Gasteiger partial charge in [-0.2, -0.15) is 0 Å². The van der Waals surface area contributed by atoms with Gasteiger partial charge in [-0.05, 0) is 49.4 Å². The van der Waals surface area contributed by atoms with Crippen molar-refractivity contribution in [2.75, 3.05) is 6.61 Å². The molecule has 0 saturated heterocycles. The number of furan rings is 1. The number of carbonyl (C=O) groups excluding carboxylic acids is 2. The maximum absolute atomic E-state index is 13.7. The van der Waals surface area contributed by atoms with Crippen LogP contribution in [0.25, 0.3) is 0 Å². The van der Waals surface area contributed by atoms with Crippen molar-refractivity contribution >= 4 is 23.2 Å². The minimum Gasteiger partial charge on any atom is -0.494 e. The molecule has 2 aromatic heterocycles. The average Bonchev–Trinajstić information content (AvgIpc) is 3.59. The van der Waals surface area contributed by atoms with Crippen molar-refractivity contribution in [3.8, 4) is 5.75 Å². The molecule has 1 fully saturated rings. The standard InChI is InChI=1S/C26H30N2O4S/c1-2-31-23-14-6-5-13-22(23)25(26(30)27-19-9-3-4-10-19)28(18-20-11-7-15-32-20)24(29)17-21-12-8-16-33-21/h5-8,11-16,19,25H,2-4,9-10,17-18H2,1H3,(H,27,30)/t25-/m1/s1. The molecule has 0 radical (unpaired) electrons. The number of ether oxygens (including phenoxy) is 1. The second-order valence-electron chi connectivity index (χ2n) is 8.22. The number of hydrogen-bond acceptors (Lipinski definition) is 5. The minimum atomic E-state index is -0.828. The Morgan fingerprint density at radius 3 is 2.67 bits per heavy atom. The monoisotopic (exact) mass is 466 g/mol. The van der Waals surface area contributed by atoms with Gasteiger partial charge in [0.05, 0.1) is 25.8 Å². The highest BCUT2D eigenvalue weighted by molar-refractivity contribution is 7.10. The van der Waals surface area contributed by atoms with Gasteiger partial charge in [0.2, 0.25) is 11.8 Å². The van der Waals surface area contributed by atoms with Crippen molar-refractivity contribution in [2.45, 2.75) is 57.7 Å². The molecule has 0 aliphatic heterocycles. The molecule has 0 unspecified atom stereocenters. The molecule has 3 aromatic rings. The average molecular weight is 467 g/mol. The van der Waals surface area contributed by atoms with Crippen LogP contribution in [0.15, 0.2) is 64.6 Å². The lowest BCUT2D eigenvalue weighted by Gasteiger charge is -2.32. The number of rotatable bonds is 10. The van der Waals surface area contributed by atoms with Gasteiger partial charge in [0.15, 0.2) is 0 Å². The normalized spacial score (nSPS) is 14.7. The van der Waals surface area contributed by atoms with E-state index in [1.807, 2.05) is 54.8 Å². The molecule has 1 saturated carbocycles. The zero-order valence-electron chi connectivity index (χ0n) is 18.9. The molecule has 174 valence electrons. The molecule has 4 rings (SSSR count). The summed E-state index contributed by atoms with van der Waals surface area (Å²) in [5, 5.41) is 5.16. The van der Waals surface area contributed by atoms with Crippen LogP contribution in [0.1, 0.15) is 54.8 Å². The molecule has 6 nitrogen and oxygen atoms in total. The van der Waals surface area contributed by atoms with Crippen LogP contribution in [0.2, 0.25) is 0 Å². The van der Waals surface area contributed by atoms with Crippen molar-refractivity contribution in [3.05, 3.63) is 76.4 Å². The molecule has 2 amide bonds. The number of hydrogen-bond donors (Lipinski definition) is 1. The number of para-hydroxylation sites is 1. The molecular formula is C26H30N2O4S. The number of benzene rings is 1. The van der Waals surface area contributed by atoms with E-state index in [2.05, 4.69) is 5.32 Å². The van der Waals surface area contributed by atoms with Gasteiger partial charge in [0.25, 0.3) is 0 Å². The van der Waals surface area contributed by atoms with E-state index in [4.69, 9.17) is 9.15 Å². The highest BCUT2D eigenvalue weighted by atomic mass is 32.1. The highest BCUT2D eigenvalue weighted by Gasteiger charge is 2.35. The van der Waals surface area contributed by atoms with E-state index >= 15 is 0 Å². The van der Waals surface area contributed by atoms with Gasteiger partial charge >= 0.3 is 0 Å². The predicted octanol–water partition coefficient (Wildman–Crippen LogP) is 5.11. The zero-order valence-corrected chi connectivity index (χ0v) is 19.7. The molecule has 1 aliphatic rings. The molecule has 0 bridgehead atoms. The molecule has 7 heteroatoms. The lowest BCUT2D eigenvalue weighted by Crippen LogP contribution is -2.46. The Bertz CT molecular complexity index is 1030. The summed E-state index contributed by atoms with van der Waals surface area (Å²) in [7, 11) is 0. The molecular weight excluding hydrogens is 436 g/mol. The van der Waals surface area contributed by atoms with Gasteiger partial charge in [-0.3, -0.25) is 9.59 Å². The third-order valence-corrected chi connectivity index (χ3v) is 6.78. The van der Waals surface area contributed by atoms with Gasteiger partial charge in [-0.15, -0.1) is 11.3 Å². The van der Waals surface area contributed by atoms with Gasteiger partial charge in [-0.25, -0.2) is 0 Å². The first-order chi connectivity index (χ1) is 16.2. The number of thiophene rings is 1. The summed E-state index contributed by atoms with van der Waals surface area (Å²) in [4.78, 5) is 30.0. The van der Waals surface area contributed by atoms with E-state index in [0.29, 0.717) is 23.7 Å². The number of nitrogens with zero attached hydrogens (tertiary/aromatic N) is 1. The van der Waals surface area contributed by atoms with E-state index in [1.165, 1.54) is 11.3 Å². The summed E-state index contributed by atoms with van der Waals surface area (Å²) < 4.78 is 11.4. The topological polar surface area (TPSA) is 71.8 Å². The first-order valence-corrected chi connectivity index (χ1v) is 12.4. The SMILES string of the molecule is CCOc1ccccc1[C@H](C(=O)NC1CCCC1)N(Cc1ccco1)C(=O)Cc1cccs1. The lowest BCUT2D eigenvalue weighted by molar-refractivity contribution is -0.141. The van der Waals surface area contributed by atoms with Crippen LogP contribution in [0.3, 0.4) is 0 Å². The van der Waals surface area contributed by atoms with Crippen molar-refractivity contribution in [1.82, 2.24) is 10.2 Å². The van der Waals surface area contributed by atoms with Crippen LogP contribution < -0.4 is 10.1 Å². The van der Waals surface area contributed by atoms with Gasteiger partial charge < -0.3 is 19.4 Å². The maximum Gasteiger partial charge on any atom is 0.247 e. The van der Waals surface area contributed by atoms with Crippen LogP contribution in [-0.4, -0.2) is 29.4 Å². The summed E-state index contributed by atoms with van der Waals surface area (Å²) in [6, 6.07) is 14.3. The third kappa shape index (κ3) is 5.85. The zero-order chi connectivity index (χ0) is 23.0. The summed E-state index contributed by atoms with van der Waals surface area (Å²) >= 11 is 1.53. The van der Waals surface area contributed by atoms with Crippen molar-refractivity contribution < 1.29 is 18.7 Å². The van der Waals surface area contributed by atoms with Crippen LogP contribution in [0.5, 0.6) is 5.75 Å². The minimum absolute atomic E-state index is 0.133. The fourth-order valence-corrected chi connectivity index (χ4v) is 5.05. The fourth-order valence-electron chi connectivity index (χ4n) is 4.35. The van der Waals surface area contributed by atoms with E-state index in [-0.39, 0.29) is 30.8 Å². The number of nitrogens with one attached hydrogen (secondary N) is 1. The third-order valence-electron chi connectivity index (χ3n) is 5.91. The van der Waals surface area contributed by atoms with Crippen LogP contribution in [-0.2, 0) is 22.6 Å². The Morgan fingerprint density at radius 2 is 1.97 bits per heavy atom.